The molecule has 2 aromatic carbocycles. The van der Waals surface area contributed by atoms with Crippen molar-refractivity contribution in [2.45, 2.75) is 75.7 Å². The van der Waals surface area contributed by atoms with Crippen LogP contribution in [0.1, 0.15) is 49.7 Å². The van der Waals surface area contributed by atoms with Crippen molar-refractivity contribution in [3.05, 3.63) is 71.8 Å². The number of nitriles is 1. The largest absolute Gasteiger partial charge is 0.388 e. The molecule has 36 heavy (non-hydrogen) atoms. The zero-order chi connectivity index (χ0) is 24.9. The molecule has 6 nitrogen and oxygen atoms in total. The fourth-order valence-corrected chi connectivity index (χ4v) is 5.97. The minimum Gasteiger partial charge on any atom is -0.388 e. The summed E-state index contributed by atoms with van der Waals surface area (Å²) in [6, 6.07) is 19.6. The van der Waals surface area contributed by atoms with Gasteiger partial charge in [0, 0.05) is 13.1 Å². The highest BCUT2D eigenvalue weighted by molar-refractivity contribution is 5.82. The first-order valence-electron chi connectivity index (χ1n) is 13.6. The van der Waals surface area contributed by atoms with Gasteiger partial charge >= 0.3 is 0 Å². The molecule has 0 amide bonds. The molecule has 0 unspecified atom stereocenters. The van der Waals surface area contributed by atoms with E-state index in [-0.39, 0.29) is 12.1 Å². The lowest BCUT2D eigenvalue weighted by Crippen LogP contribution is -2.55. The molecule has 0 bridgehead atoms. The van der Waals surface area contributed by atoms with Crippen molar-refractivity contribution in [2.24, 2.45) is 16.8 Å². The molecule has 3 aliphatic rings. The van der Waals surface area contributed by atoms with Crippen LogP contribution in [-0.2, 0) is 12.8 Å². The van der Waals surface area contributed by atoms with E-state index in [4.69, 9.17) is 0 Å². The maximum absolute atomic E-state index is 11.8. The smallest absolute Gasteiger partial charge is 0.213 e. The number of hydrogen-bond donors (Lipinski definition) is 2. The Labute approximate surface area is 214 Å². The second-order valence-electron chi connectivity index (χ2n) is 10.9. The molecular weight excluding hydrogens is 448 g/mol. The number of guanidine groups is 1. The van der Waals surface area contributed by atoms with Crippen molar-refractivity contribution in [1.29, 1.82) is 5.26 Å². The average Bonchev–Trinajstić information content (AvgIpc) is 2.91. The molecule has 5 rings (SSSR count). The van der Waals surface area contributed by atoms with Crippen LogP contribution in [0.25, 0.3) is 0 Å². The first kappa shape index (κ1) is 24.8. The summed E-state index contributed by atoms with van der Waals surface area (Å²) in [5.74, 6) is 1.68. The number of hydrogen-bond acceptors (Lipinski definition) is 4. The van der Waals surface area contributed by atoms with Crippen LogP contribution < -0.4 is 0 Å². The Balaban J connectivity index is 1.56. The molecule has 2 aromatic rings. The topological polar surface area (TPSA) is 83.1 Å². The Morgan fingerprint density at radius 1 is 0.722 bits per heavy atom. The van der Waals surface area contributed by atoms with Crippen LogP contribution in [0.15, 0.2) is 65.7 Å². The van der Waals surface area contributed by atoms with Crippen molar-refractivity contribution >= 4 is 5.96 Å². The number of benzene rings is 2. The first-order chi connectivity index (χ1) is 17.6. The van der Waals surface area contributed by atoms with Crippen molar-refractivity contribution in [3.63, 3.8) is 0 Å². The number of rotatable bonds is 8. The van der Waals surface area contributed by atoms with Gasteiger partial charge in [0.15, 0.2) is 0 Å². The van der Waals surface area contributed by atoms with Crippen molar-refractivity contribution < 1.29 is 10.2 Å². The van der Waals surface area contributed by atoms with Crippen molar-refractivity contribution in [3.8, 4) is 6.19 Å². The summed E-state index contributed by atoms with van der Waals surface area (Å²) in [5, 5.41) is 33.3. The molecule has 1 heterocycles. The molecule has 6 heteroatoms. The first-order valence-corrected chi connectivity index (χ1v) is 13.6. The Morgan fingerprint density at radius 3 is 1.47 bits per heavy atom. The Bertz CT molecular complexity index is 970. The molecule has 1 saturated heterocycles. The third-order valence-corrected chi connectivity index (χ3v) is 8.54. The van der Waals surface area contributed by atoms with Gasteiger partial charge in [0.25, 0.3) is 0 Å². The summed E-state index contributed by atoms with van der Waals surface area (Å²) in [7, 11) is 0. The summed E-state index contributed by atoms with van der Waals surface area (Å²) >= 11 is 0. The Morgan fingerprint density at radius 2 is 1.14 bits per heavy atom. The van der Waals surface area contributed by atoms with Gasteiger partial charge in [0.05, 0.1) is 12.1 Å². The second kappa shape index (κ2) is 11.5. The van der Waals surface area contributed by atoms with E-state index >= 15 is 0 Å². The predicted octanol–water partition coefficient (Wildman–Crippen LogP) is 3.99. The van der Waals surface area contributed by atoms with Gasteiger partial charge in [0.2, 0.25) is 12.2 Å². The van der Waals surface area contributed by atoms with Crippen LogP contribution in [0.3, 0.4) is 0 Å². The van der Waals surface area contributed by atoms with Gasteiger partial charge in [-0.2, -0.15) is 5.26 Å². The lowest BCUT2D eigenvalue weighted by Gasteiger charge is -2.43. The Hall–Kier alpha value is -2.88. The molecule has 3 fully saturated rings. The van der Waals surface area contributed by atoms with E-state index in [1.807, 2.05) is 36.4 Å². The second-order valence-corrected chi connectivity index (χ2v) is 10.9. The van der Waals surface area contributed by atoms with Crippen LogP contribution in [0, 0.1) is 23.3 Å². The van der Waals surface area contributed by atoms with Crippen molar-refractivity contribution in [1.82, 2.24) is 9.80 Å². The molecule has 0 radical (unpaired) electrons. The molecular formula is C30H38N4O2. The van der Waals surface area contributed by atoms with Gasteiger partial charge in [-0.15, -0.1) is 4.99 Å². The lowest BCUT2D eigenvalue weighted by molar-refractivity contribution is -0.0430. The normalized spacial score (nSPS) is 27.1. The highest BCUT2D eigenvalue weighted by atomic mass is 16.3. The van der Waals surface area contributed by atoms with Crippen LogP contribution in [0.2, 0.25) is 0 Å². The minimum atomic E-state index is -0.964. The highest BCUT2D eigenvalue weighted by Gasteiger charge is 2.46. The summed E-state index contributed by atoms with van der Waals surface area (Å²) in [6.45, 7) is 1.50. The van der Waals surface area contributed by atoms with E-state index in [0.717, 1.165) is 49.9 Å². The van der Waals surface area contributed by atoms with Gasteiger partial charge in [-0.25, -0.2) is 0 Å². The summed E-state index contributed by atoms with van der Waals surface area (Å²) < 4.78 is 0. The molecule has 0 aromatic heterocycles. The zero-order valence-corrected chi connectivity index (χ0v) is 21.0. The number of aliphatic imine (C=N–C) groups is 1. The molecule has 4 atom stereocenters. The van der Waals surface area contributed by atoms with E-state index < -0.39 is 12.2 Å². The van der Waals surface area contributed by atoms with Gasteiger partial charge < -0.3 is 20.0 Å². The zero-order valence-electron chi connectivity index (χ0n) is 21.0. The monoisotopic (exact) mass is 486 g/mol. The molecule has 2 saturated carbocycles. The molecule has 0 spiro atoms. The summed E-state index contributed by atoms with van der Waals surface area (Å²) in [4.78, 5) is 8.79. The number of nitrogens with zero attached hydrogens (tertiary/aromatic N) is 4. The van der Waals surface area contributed by atoms with Crippen molar-refractivity contribution in [2.75, 3.05) is 13.1 Å². The quantitative estimate of drug-likeness (QED) is 0.552. The van der Waals surface area contributed by atoms with E-state index in [1.54, 1.807) is 0 Å². The fraction of sp³-hybridized carbons (Fsp3) is 0.533. The van der Waals surface area contributed by atoms with Crippen LogP contribution in [0.4, 0.5) is 0 Å². The van der Waals surface area contributed by atoms with Crippen LogP contribution >= 0.6 is 0 Å². The SMILES string of the molecule is N#CN=C1N(CC2CCC2)[C@H](Cc2ccccc2)[C@H](O)[C@@H](O)[C@@H](Cc2ccccc2)N1CC1CCC1. The van der Waals surface area contributed by atoms with E-state index in [0.29, 0.717) is 30.6 Å². The average molecular weight is 487 g/mol. The van der Waals surface area contributed by atoms with Gasteiger partial charge in [-0.05, 0) is 61.5 Å². The number of aliphatic hydroxyl groups excluding tert-OH is 2. The van der Waals surface area contributed by atoms with Crippen LogP contribution in [-0.4, -0.2) is 63.4 Å². The van der Waals surface area contributed by atoms with E-state index in [9.17, 15) is 15.5 Å². The van der Waals surface area contributed by atoms with E-state index in [2.05, 4.69) is 45.3 Å². The lowest BCUT2D eigenvalue weighted by atomic mass is 9.84. The Kier molecular flexibility index (Phi) is 7.89. The van der Waals surface area contributed by atoms with Gasteiger partial charge in [0.1, 0.15) is 12.2 Å². The summed E-state index contributed by atoms with van der Waals surface area (Å²) in [6.07, 6.45) is 8.40. The predicted molar refractivity (Wildman–Crippen MR) is 141 cm³/mol. The molecule has 190 valence electrons. The molecule has 1 aliphatic heterocycles. The fourth-order valence-electron chi connectivity index (χ4n) is 5.97. The third kappa shape index (κ3) is 5.43. The maximum atomic E-state index is 11.8. The maximum Gasteiger partial charge on any atom is 0.213 e. The minimum absolute atomic E-state index is 0.361. The van der Waals surface area contributed by atoms with E-state index in [1.165, 1.54) is 12.8 Å². The third-order valence-electron chi connectivity index (χ3n) is 8.54. The highest BCUT2D eigenvalue weighted by Crippen LogP contribution is 2.35. The standard InChI is InChI=1S/C30H38N4O2/c31-21-32-30-33(19-24-13-7-14-24)26(17-22-9-3-1-4-10-22)28(35)29(36)27(18-23-11-5-2-6-12-23)34(30)20-25-15-8-16-25/h1-6,9-12,24-29,35-36H,7-8,13-20H2/t26-,27-,28+,29+/m1/s1. The summed E-state index contributed by atoms with van der Waals surface area (Å²) in [5.41, 5.74) is 2.21. The van der Waals surface area contributed by atoms with Gasteiger partial charge in [-0.3, -0.25) is 0 Å². The molecule has 2 N–H and O–H groups in total. The van der Waals surface area contributed by atoms with Gasteiger partial charge in [-0.1, -0.05) is 73.5 Å². The molecule has 2 aliphatic carbocycles. The van der Waals surface area contributed by atoms with Crippen LogP contribution in [0.5, 0.6) is 0 Å². The number of aliphatic hydroxyl groups is 2.